The van der Waals surface area contributed by atoms with Crippen LogP contribution in [0.15, 0.2) is 24.3 Å². The SMILES string of the molecule is CC(C)(c1ccc(C=O)cc1)N1CCCS1(=O)=O. The zero-order chi connectivity index (χ0) is 13.4. The Morgan fingerprint density at radius 1 is 1.22 bits per heavy atom. The molecule has 1 aromatic rings. The number of hydrogen-bond donors (Lipinski definition) is 0. The molecule has 5 heteroatoms. The summed E-state index contributed by atoms with van der Waals surface area (Å²) in [6, 6.07) is 7.06. The Hall–Kier alpha value is -1.20. The number of sulfonamides is 1. The van der Waals surface area contributed by atoms with Crippen molar-refractivity contribution in [2.75, 3.05) is 12.3 Å². The lowest BCUT2D eigenvalue weighted by Crippen LogP contribution is -2.42. The molecule has 18 heavy (non-hydrogen) atoms. The van der Waals surface area contributed by atoms with Gasteiger partial charge in [0, 0.05) is 12.1 Å². The highest BCUT2D eigenvalue weighted by atomic mass is 32.2. The van der Waals surface area contributed by atoms with Crippen molar-refractivity contribution in [3.05, 3.63) is 35.4 Å². The lowest BCUT2D eigenvalue weighted by atomic mass is 9.93. The fourth-order valence-corrected chi connectivity index (χ4v) is 4.30. The first-order valence-corrected chi connectivity index (χ1v) is 7.55. The molecule has 0 saturated carbocycles. The maximum absolute atomic E-state index is 12.0. The van der Waals surface area contributed by atoms with Crippen molar-refractivity contribution in [1.29, 1.82) is 0 Å². The molecule has 0 spiro atoms. The van der Waals surface area contributed by atoms with Crippen LogP contribution in [0.1, 0.15) is 36.2 Å². The van der Waals surface area contributed by atoms with E-state index in [1.54, 1.807) is 16.4 Å². The molecule has 0 aromatic heterocycles. The van der Waals surface area contributed by atoms with Gasteiger partial charge < -0.3 is 0 Å². The summed E-state index contributed by atoms with van der Waals surface area (Å²) in [6.07, 6.45) is 1.46. The van der Waals surface area contributed by atoms with E-state index >= 15 is 0 Å². The maximum atomic E-state index is 12.0. The average molecular weight is 267 g/mol. The summed E-state index contributed by atoms with van der Waals surface area (Å²) < 4.78 is 25.5. The summed E-state index contributed by atoms with van der Waals surface area (Å²) in [6.45, 7) is 4.35. The Bertz CT molecular complexity index is 546. The molecule has 1 heterocycles. The molecule has 1 aromatic carbocycles. The maximum Gasteiger partial charge on any atom is 0.214 e. The molecule has 0 radical (unpaired) electrons. The lowest BCUT2D eigenvalue weighted by Gasteiger charge is -2.34. The van der Waals surface area contributed by atoms with Gasteiger partial charge in [-0.2, -0.15) is 4.31 Å². The summed E-state index contributed by atoms with van der Waals surface area (Å²) in [5.74, 6) is 0.225. The number of nitrogens with zero attached hydrogens (tertiary/aromatic N) is 1. The Balaban J connectivity index is 2.38. The van der Waals surface area contributed by atoms with Crippen LogP contribution in [-0.4, -0.2) is 31.3 Å². The summed E-state index contributed by atoms with van der Waals surface area (Å²) >= 11 is 0. The topological polar surface area (TPSA) is 54.5 Å². The molecule has 1 aliphatic rings. The minimum atomic E-state index is -3.14. The third kappa shape index (κ3) is 2.20. The first-order chi connectivity index (χ1) is 8.38. The van der Waals surface area contributed by atoms with Crippen LogP contribution in [0.2, 0.25) is 0 Å². The second-order valence-corrected chi connectivity index (χ2v) is 7.05. The Morgan fingerprint density at radius 2 is 1.83 bits per heavy atom. The summed E-state index contributed by atoms with van der Waals surface area (Å²) in [5.41, 5.74) is 0.925. The third-order valence-electron chi connectivity index (χ3n) is 3.48. The molecule has 0 unspecified atom stereocenters. The molecule has 98 valence electrons. The van der Waals surface area contributed by atoms with Crippen LogP contribution in [0.25, 0.3) is 0 Å². The lowest BCUT2D eigenvalue weighted by molar-refractivity contribution is 0.112. The fourth-order valence-electron chi connectivity index (χ4n) is 2.38. The van der Waals surface area contributed by atoms with E-state index in [2.05, 4.69) is 0 Å². The van der Waals surface area contributed by atoms with E-state index in [1.165, 1.54) is 0 Å². The molecule has 0 atom stereocenters. The molecule has 1 fully saturated rings. The largest absolute Gasteiger partial charge is 0.298 e. The van der Waals surface area contributed by atoms with E-state index in [4.69, 9.17) is 0 Å². The van der Waals surface area contributed by atoms with E-state index in [0.717, 1.165) is 11.8 Å². The van der Waals surface area contributed by atoms with Crippen molar-refractivity contribution in [3.63, 3.8) is 0 Å². The van der Waals surface area contributed by atoms with Gasteiger partial charge in [0.05, 0.1) is 11.3 Å². The molecule has 1 saturated heterocycles. The predicted molar refractivity (Wildman–Crippen MR) is 70.0 cm³/mol. The van der Waals surface area contributed by atoms with Gasteiger partial charge in [0.1, 0.15) is 6.29 Å². The van der Waals surface area contributed by atoms with Gasteiger partial charge in [-0.3, -0.25) is 4.79 Å². The van der Waals surface area contributed by atoms with Crippen LogP contribution in [0, 0.1) is 0 Å². The third-order valence-corrected chi connectivity index (χ3v) is 5.59. The summed E-state index contributed by atoms with van der Waals surface area (Å²) in [4.78, 5) is 10.6. The van der Waals surface area contributed by atoms with Crippen molar-refractivity contribution < 1.29 is 13.2 Å². The second kappa shape index (κ2) is 4.48. The van der Waals surface area contributed by atoms with Crippen molar-refractivity contribution in [3.8, 4) is 0 Å². The number of carbonyl (C=O) groups excluding carboxylic acids is 1. The highest BCUT2D eigenvalue weighted by Gasteiger charge is 2.40. The highest BCUT2D eigenvalue weighted by Crippen LogP contribution is 2.33. The number of benzene rings is 1. The van der Waals surface area contributed by atoms with Gasteiger partial charge >= 0.3 is 0 Å². The predicted octanol–water partition coefficient (Wildman–Crippen LogP) is 1.77. The zero-order valence-electron chi connectivity index (χ0n) is 10.6. The van der Waals surface area contributed by atoms with Crippen LogP contribution in [0.5, 0.6) is 0 Å². The van der Waals surface area contributed by atoms with Gasteiger partial charge in [0.25, 0.3) is 0 Å². The van der Waals surface area contributed by atoms with Crippen LogP contribution < -0.4 is 0 Å². The molecule has 4 nitrogen and oxygen atoms in total. The molecule has 0 amide bonds. The molecular weight excluding hydrogens is 250 g/mol. The smallest absolute Gasteiger partial charge is 0.214 e. The Kier molecular flexibility index (Phi) is 3.29. The molecule has 0 aliphatic carbocycles. The Morgan fingerprint density at radius 3 is 2.28 bits per heavy atom. The molecular formula is C13H17NO3S. The van der Waals surface area contributed by atoms with Crippen LogP contribution in [0.4, 0.5) is 0 Å². The molecule has 0 N–H and O–H groups in total. The quantitative estimate of drug-likeness (QED) is 0.784. The van der Waals surface area contributed by atoms with Gasteiger partial charge in [0.2, 0.25) is 10.0 Å². The number of hydrogen-bond acceptors (Lipinski definition) is 3. The van der Waals surface area contributed by atoms with Gasteiger partial charge in [-0.05, 0) is 25.8 Å². The molecule has 2 rings (SSSR count). The monoisotopic (exact) mass is 267 g/mol. The first-order valence-electron chi connectivity index (χ1n) is 5.94. The Labute approximate surface area is 108 Å². The first kappa shape index (κ1) is 13.2. The van der Waals surface area contributed by atoms with Gasteiger partial charge in [-0.25, -0.2) is 8.42 Å². The van der Waals surface area contributed by atoms with Crippen molar-refractivity contribution in [2.45, 2.75) is 25.8 Å². The second-order valence-electron chi connectivity index (χ2n) is 5.04. The van der Waals surface area contributed by atoms with E-state index in [0.29, 0.717) is 18.5 Å². The van der Waals surface area contributed by atoms with Gasteiger partial charge in [0.15, 0.2) is 0 Å². The average Bonchev–Trinajstić information content (AvgIpc) is 2.69. The number of rotatable bonds is 3. The van der Waals surface area contributed by atoms with Crippen molar-refractivity contribution in [2.24, 2.45) is 0 Å². The summed E-state index contributed by atoms with van der Waals surface area (Å²) in [5, 5.41) is 0. The zero-order valence-corrected chi connectivity index (χ0v) is 11.4. The van der Waals surface area contributed by atoms with E-state index in [1.807, 2.05) is 26.0 Å². The van der Waals surface area contributed by atoms with Crippen LogP contribution in [0.3, 0.4) is 0 Å². The van der Waals surface area contributed by atoms with Crippen LogP contribution in [-0.2, 0) is 15.6 Å². The van der Waals surface area contributed by atoms with Gasteiger partial charge in [-0.15, -0.1) is 0 Å². The van der Waals surface area contributed by atoms with E-state index in [-0.39, 0.29) is 5.75 Å². The van der Waals surface area contributed by atoms with Crippen LogP contribution >= 0.6 is 0 Å². The standard InChI is InChI=1S/C13H17NO3S/c1-13(2,14-8-3-9-18(14,16)17)12-6-4-11(10-15)5-7-12/h4-7,10H,3,8-9H2,1-2H3. The van der Waals surface area contributed by atoms with Crippen molar-refractivity contribution in [1.82, 2.24) is 4.31 Å². The minimum absolute atomic E-state index is 0.225. The molecule has 1 aliphatic heterocycles. The van der Waals surface area contributed by atoms with E-state index < -0.39 is 15.6 Å². The highest BCUT2D eigenvalue weighted by molar-refractivity contribution is 7.89. The number of aldehydes is 1. The minimum Gasteiger partial charge on any atom is -0.298 e. The van der Waals surface area contributed by atoms with E-state index in [9.17, 15) is 13.2 Å². The normalized spacial score (nSPS) is 19.9. The summed E-state index contributed by atoms with van der Waals surface area (Å²) in [7, 11) is -3.14. The van der Waals surface area contributed by atoms with Crippen molar-refractivity contribution >= 4 is 16.3 Å². The molecule has 0 bridgehead atoms. The fraction of sp³-hybridized carbons (Fsp3) is 0.462. The van der Waals surface area contributed by atoms with Gasteiger partial charge in [-0.1, -0.05) is 24.3 Å². The number of carbonyl (C=O) groups is 1.